The van der Waals surface area contributed by atoms with Gasteiger partial charge in [-0.05, 0) is 53.6 Å². The highest BCUT2D eigenvalue weighted by Gasteiger charge is 2.09. The second kappa shape index (κ2) is 9.20. The number of nitrogens with zero attached hydrogens (tertiary/aromatic N) is 2. The first-order valence-electron chi connectivity index (χ1n) is 9.42. The fourth-order valence-corrected chi connectivity index (χ4v) is 3.35. The average molecular weight is 453 g/mol. The second-order valence-corrected chi connectivity index (χ2v) is 7.63. The number of methoxy groups -OCH3 is 1. The normalized spacial score (nSPS) is 11.2. The van der Waals surface area contributed by atoms with Crippen molar-refractivity contribution in [3.63, 3.8) is 0 Å². The van der Waals surface area contributed by atoms with Crippen LogP contribution in [-0.4, -0.2) is 29.2 Å². The summed E-state index contributed by atoms with van der Waals surface area (Å²) in [4.78, 5) is 20.3. The molecule has 6 nitrogen and oxygen atoms in total. The van der Waals surface area contributed by atoms with E-state index in [9.17, 15) is 4.79 Å². The van der Waals surface area contributed by atoms with Crippen molar-refractivity contribution >= 4 is 46.4 Å². The fourth-order valence-electron chi connectivity index (χ4n) is 3.05. The number of fused-ring (bicyclic) bond motifs is 1. The Morgan fingerprint density at radius 1 is 1.10 bits per heavy atom. The zero-order valence-electron chi connectivity index (χ0n) is 16.5. The van der Waals surface area contributed by atoms with Gasteiger partial charge >= 0.3 is 0 Å². The summed E-state index contributed by atoms with van der Waals surface area (Å²) in [7, 11) is 1.64. The van der Waals surface area contributed by atoms with Gasteiger partial charge in [-0.15, -0.1) is 0 Å². The highest BCUT2D eigenvalue weighted by atomic mass is 35.5. The summed E-state index contributed by atoms with van der Waals surface area (Å²) in [5, 5.41) is 4.87. The van der Waals surface area contributed by atoms with Gasteiger partial charge in [-0.1, -0.05) is 41.4 Å². The Balaban J connectivity index is 1.44. The van der Waals surface area contributed by atoms with Crippen molar-refractivity contribution in [3.8, 4) is 5.75 Å². The van der Waals surface area contributed by atoms with Crippen molar-refractivity contribution in [1.29, 1.82) is 0 Å². The van der Waals surface area contributed by atoms with E-state index in [4.69, 9.17) is 27.9 Å². The minimum atomic E-state index is -0.329. The fraction of sp³-hybridized carbons (Fsp3) is 0.0870. The number of amides is 1. The van der Waals surface area contributed by atoms with Gasteiger partial charge in [0.05, 0.1) is 34.4 Å². The van der Waals surface area contributed by atoms with E-state index < -0.39 is 0 Å². The number of H-pyrrole nitrogens is 1. The van der Waals surface area contributed by atoms with Crippen LogP contribution in [0.25, 0.3) is 11.0 Å². The van der Waals surface area contributed by atoms with Crippen molar-refractivity contribution in [2.24, 2.45) is 5.10 Å². The first kappa shape index (κ1) is 20.9. The van der Waals surface area contributed by atoms with Gasteiger partial charge in [0.1, 0.15) is 11.6 Å². The van der Waals surface area contributed by atoms with E-state index in [1.54, 1.807) is 43.5 Å². The predicted octanol–water partition coefficient (Wildman–Crippen LogP) is 5.23. The standard InChI is InChI=1S/C23H18Cl2N4O2/c1-31-17-6-2-14(3-7-17)11-22-27-20-9-5-16(12-21(20)28-22)23(30)29-26-13-15-4-8-18(24)19(25)10-15/h2-10,12-13H,11H2,1H3,(H,27,28)(H,29,30)/b26-13-. The van der Waals surface area contributed by atoms with Crippen LogP contribution in [0, 0.1) is 0 Å². The molecule has 4 aromatic rings. The van der Waals surface area contributed by atoms with Crippen LogP contribution in [0.3, 0.4) is 0 Å². The van der Waals surface area contributed by atoms with Gasteiger partial charge in [0.2, 0.25) is 0 Å². The highest BCUT2D eigenvalue weighted by Crippen LogP contribution is 2.22. The summed E-state index contributed by atoms with van der Waals surface area (Å²) in [6.07, 6.45) is 2.15. The number of halogens is 2. The molecule has 156 valence electrons. The minimum Gasteiger partial charge on any atom is -0.497 e. The van der Waals surface area contributed by atoms with Crippen LogP contribution >= 0.6 is 23.2 Å². The van der Waals surface area contributed by atoms with Gasteiger partial charge in [0.15, 0.2) is 0 Å². The average Bonchev–Trinajstić information content (AvgIpc) is 3.18. The first-order chi connectivity index (χ1) is 15.0. The maximum Gasteiger partial charge on any atom is 0.271 e. The number of hydrazone groups is 1. The molecule has 0 saturated carbocycles. The van der Waals surface area contributed by atoms with Crippen LogP contribution < -0.4 is 10.2 Å². The van der Waals surface area contributed by atoms with Gasteiger partial charge in [-0.2, -0.15) is 5.10 Å². The number of imidazole rings is 1. The summed E-state index contributed by atoms with van der Waals surface area (Å²) in [5.74, 6) is 1.30. The highest BCUT2D eigenvalue weighted by molar-refractivity contribution is 6.42. The van der Waals surface area contributed by atoms with E-state index in [1.807, 2.05) is 24.3 Å². The van der Waals surface area contributed by atoms with Gasteiger partial charge in [0.25, 0.3) is 5.91 Å². The predicted molar refractivity (Wildman–Crippen MR) is 123 cm³/mol. The molecule has 31 heavy (non-hydrogen) atoms. The molecule has 0 aliphatic rings. The monoisotopic (exact) mass is 452 g/mol. The third-order valence-corrected chi connectivity index (χ3v) is 5.39. The molecular weight excluding hydrogens is 435 g/mol. The largest absolute Gasteiger partial charge is 0.497 e. The molecule has 3 aromatic carbocycles. The number of aromatic amines is 1. The van der Waals surface area contributed by atoms with Gasteiger partial charge in [0, 0.05) is 12.0 Å². The number of ether oxygens (including phenoxy) is 1. The molecule has 1 aromatic heterocycles. The molecule has 0 atom stereocenters. The van der Waals surface area contributed by atoms with Crippen LogP contribution in [0.15, 0.2) is 65.8 Å². The van der Waals surface area contributed by atoms with Crippen LogP contribution in [-0.2, 0) is 6.42 Å². The molecule has 1 heterocycles. The van der Waals surface area contributed by atoms with E-state index in [1.165, 1.54) is 6.21 Å². The topological polar surface area (TPSA) is 79.4 Å². The summed E-state index contributed by atoms with van der Waals surface area (Å²) >= 11 is 11.9. The van der Waals surface area contributed by atoms with Crippen LogP contribution in [0.2, 0.25) is 10.0 Å². The van der Waals surface area contributed by atoms with Gasteiger partial charge < -0.3 is 9.72 Å². The Hall–Kier alpha value is -3.35. The number of benzene rings is 3. The zero-order valence-corrected chi connectivity index (χ0v) is 18.0. The third kappa shape index (κ3) is 5.05. The van der Waals surface area contributed by atoms with Crippen LogP contribution in [0.1, 0.15) is 27.3 Å². The van der Waals surface area contributed by atoms with E-state index in [-0.39, 0.29) is 5.91 Å². The van der Waals surface area contributed by atoms with E-state index in [0.717, 1.165) is 33.7 Å². The van der Waals surface area contributed by atoms with E-state index in [2.05, 4.69) is 20.5 Å². The number of hydrogen-bond donors (Lipinski definition) is 2. The maximum absolute atomic E-state index is 12.4. The Bertz CT molecular complexity index is 1270. The number of rotatable bonds is 6. The minimum absolute atomic E-state index is 0.329. The quantitative estimate of drug-likeness (QED) is 0.310. The van der Waals surface area contributed by atoms with Crippen molar-refractivity contribution in [2.75, 3.05) is 7.11 Å². The molecule has 0 unspecified atom stereocenters. The number of carbonyl (C=O) groups excluding carboxylic acids is 1. The first-order valence-corrected chi connectivity index (χ1v) is 10.2. The lowest BCUT2D eigenvalue weighted by molar-refractivity contribution is 0.0955. The van der Waals surface area contributed by atoms with Gasteiger partial charge in [-0.3, -0.25) is 4.79 Å². The summed E-state index contributed by atoms with van der Waals surface area (Å²) in [5.41, 5.74) is 6.39. The Morgan fingerprint density at radius 3 is 2.65 bits per heavy atom. The molecule has 0 aliphatic carbocycles. The molecule has 0 fully saturated rings. The van der Waals surface area contributed by atoms with E-state index in [0.29, 0.717) is 22.0 Å². The molecule has 1 amide bonds. The Kier molecular flexibility index (Phi) is 6.21. The SMILES string of the molecule is COc1ccc(Cc2nc3ccc(C(=O)N/N=C\c4ccc(Cl)c(Cl)c4)cc3[nH]2)cc1. The molecule has 0 aliphatic heterocycles. The molecule has 2 N–H and O–H groups in total. The second-order valence-electron chi connectivity index (χ2n) is 6.81. The smallest absolute Gasteiger partial charge is 0.271 e. The van der Waals surface area contributed by atoms with Gasteiger partial charge in [-0.25, -0.2) is 10.4 Å². The number of nitrogens with one attached hydrogen (secondary N) is 2. The molecule has 0 radical (unpaired) electrons. The van der Waals surface area contributed by atoms with Crippen molar-refractivity contribution in [3.05, 3.63) is 93.2 Å². The van der Waals surface area contributed by atoms with Crippen LogP contribution in [0.4, 0.5) is 0 Å². The number of carbonyl (C=O) groups is 1. The molecule has 8 heteroatoms. The molecular formula is C23H18Cl2N4O2. The molecule has 0 saturated heterocycles. The maximum atomic E-state index is 12.4. The van der Waals surface area contributed by atoms with E-state index >= 15 is 0 Å². The number of hydrogen-bond acceptors (Lipinski definition) is 4. The summed E-state index contributed by atoms with van der Waals surface area (Å²) < 4.78 is 5.18. The van der Waals surface area contributed by atoms with Crippen LogP contribution in [0.5, 0.6) is 5.75 Å². The molecule has 0 spiro atoms. The van der Waals surface area contributed by atoms with Crippen molar-refractivity contribution < 1.29 is 9.53 Å². The van der Waals surface area contributed by atoms with Crippen molar-refractivity contribution in [1.82, 2.24) is 15.4 Å². The lowest BCUT2D eigenvalue weighted by Crippen LogP contribution is -2.17. The summed E-state index contributed by atoms with van der Waals surface area (Å²) in [6, 6.07) is 18.2. The lowest BCUT2D eigenvalue weighted by Gasteiger charge is -2.01. The molecule has 4 rings (SSSR count). The summed E-state index contributed by atoms with van der Waals surface area (Å²) in [6.45, 7) is 0. The van der Waals surface area contributed by atoms with Crippen molar-refractivity contribution in [2.45, 2.75) is 6.42 Å². The Morgan fingerprint density at radius 2 is 1.90 bits per heavy atom. The number of aromatic nitrogens is 2. The molecule has 0 bridgehead atoms. The zero-order chi connectivity index (χ0) is 21.8. The third-order valence-electron chi connectivity index (χ3n) is 4.65. The Labute approximate surface area is 188 Å². The lowest BCUT2D eigenvalue weighted by atomic mass is 10.1.